The second-order valence-corrected chi connectivity index (χ2v) is 8.93. The van der Waals surface area contributed by atoms with E-state index in [0.717, 1.165) is 28.1 Å². The summed E-state index contributed by atoms with van der Waals surface area (Å²) in [7, 11) is 1.62. The van der Waals surface area contributed by atoms with Crippen LogP contribution in [0, 0.1) is 18.6 Å². The molecule has 0 fully saturated rings. The van der Waals surface area contributed by atoms with E-state index in [1.54, 1.807) is 31.6 Å². The Kier molecular flexibility index (Phi) is 6.48. The molecule has 3 aromatic carbocycles. The van der Waals surface area contributed by atoms with Crippen LogP contribution in [0.1, 0.15) is 29.3 Å². The van der Waals surface area contributed by atoms with Crippen molar-refractivity contribution in [3.8, 4) is 11.4 Å². The molecule has 1 atom stereocenters. The van der Waals surface area contributed by atoms with E-state index in [4.69, 9.17) is 9.57 Å². The van der Waals surface area contributed by atoms with Gasteiger partial charge in [-0.3, -0.25) is 0 Å². The van der Waals surface area contributed by atoms with Crippen molar-refractivity contribution < 1.29 is 18.4 Å². The fourth-order valence-corrected chi connectivity index (χ4v) is 4.33. The van der Waals surface area contributed by atoms with E-state index in [9.17, 15) is 8.78 Å². The van der Waals surface area contributed by atoms with Gasteiger partial charge < -0.3 is 19.0 Å². The van der Waals surface area contributed by atoms with Crippen molar-refractivity contribution in [3.63, 3.8) is 0 Å². The molecule has 0 radical (unpaired) electrons. The van der Waals surface area contributed by atoms with Crippen molar-refractivity contribution in [1.29, 1.82) is 0 Å². The third-order valence-electron chi connectivity index (χ3n) is 6.34. The zero-order valence-electron chi connectivity index (χ0n) is 20.7. The molecule has 8 heteroatoms. The van der Waals surface area contributed by atoms with Crippen LogP contribution in [-0.4, -0.2) is 27.4 Å². The fraction of sp³-hybridized carbons (Fsp3) is 0.172. The van der Waals surface area contributed by atoms with Crippen LogP contribution in [-0.2, 0) is 17.1 Å². The molecule has 0 saturated heterocycles. The summed E-state index contributed by atoms with van der Waals surface area (Å²) in [6, 6.07) is 18.3. The summed E-state index contributed by atoms with van der Waals surface area (Å²) < 4.78 is 35.1. The lowest BCUT2D eigenvalue weighted by molar-refractivity contribution is -0.0935. The van der Waals surface area contributed by atoms with Crippen LogP contribution in [0.5, 0.6) is 5.75 Å². The molecular weight excluding hydrogens is 474 g/mol. The van der Waals surface area contributed by atoms with Crippen LogP contribution in [0.2, 0.25) is 0 Å². The maximum atomic E-state index is 13.9. The highest BCUT2D eigenvalue weighted by Gasteiger charge is 2.42. The topological polar surface area (TPSA) is 51.9 Å². The number of nitrogens with zero attached hydrogens (tertiary/aromatic N) is 4. The van der Waals surface area contributed by atoms with E-state index < -0.39 is 5.72 Å². The summed E-state index contributed by atoms with van der Waals surface area (Å²) in [6.45, 7) is 4.12. The first kappa shape index (κ1) is 24.2. The minimum atomic E-state index is -1.01. The standard InChI is InChI=1S/C29H26F2N4O2/c1-20-17-34(19-32-20)26-13-7-21(16-27(26)36-3)8-14-28-33-37-29(2,23-9-11-24(30)12-10-23)35(28)18-22-5-4-6-25(31)15-22/h4-17,19H,18H2,1-3H3/b14-8+. The second kappa shape index (κ2) is 9.89. The van der Waals surface area contributed by atoms with Gasteiger partial charge in [0, 0.05) is 25.2 Å². The predicted octanol–water partition coefficient (Wildman–Crippen LogP) is 6.20. The van der Waals surface area contributed by atoms with E-state index in [2.05, 4.69) is 10.1 Å². The Bertz CT molecular complexity index is 1480. The van der Waals surface area contributed by atoms with E-state index in [0.29, 0.717) is 18.1 Å². The number of imidazole rings is 1. The van der Waals surface area contributed by atoms with Gasteiger partial charge in [-0.05, 0) is 60.5 Å². The molecule has 0 amide bonds. The van der Waals surface area contributed by atoms with E-state index in [1.807, 2.05) is 65.9 Å². The lowest BCUT2D eigenvalue weighted by Crippen LogP contribution is -2.43. The lowest BCUT2D eigenvalue weighted by atomic mass is 10.0. The third kappa shape index (κ3) is 4.95. The van der Waals surface area contributed by atoms with E-state index in [-0.39, 0.29) is 11.6 Å². The maximum absolute atomic E-state index is 13.9. The zero-order chi connectivity index (χ0) is 26.0. The molecule has 0 saturated carbocycles. The number of rotatable bonds is 7. The number of aryl methyl sites for hydroxylation is 1. The Morgan fingerprint density at radius 3 is 2.51 bits per heavy atom. The largest absolute Gasteiger partial charge is 0.495 e. The normalized spacial score (nSPS) is 17.2. The summed E-state index contributed by atoms with van der Waals surface area (Å²) >= 11 is 0. The summed E-state index contributed by atoms with van der Waals surface area (Å²) in [6.07, 6.45) is 7.42. The van der Waals surface area contributed by atoms with Gasteiger partial charge >= 0.3 is 0 Å². The average molecular weight is 501 g/mol. The van der Waals surface area contributed by atoms with Gasteiger partial charge in [0.05, 0.1) is 24.8 Å². The minimum Gasteiger partial charge on any atom is -0.495 e. The molecule has 0 spiro atoms. The van der Waals surface area contributed by atoms with Crippen molar-refractivity contribution in [2.45, 2.75) is 26.1 Å². The number of amidine groups is 1. The summed E-state index contributed by atoms with van der Waals surface area (Å²) in [5.41, 5.74) is 3.13. The van der Waals surface area contributed by atoms with Crippen LogP contribution >= 0.6 is 0 Å². The number of methoxy groups -OCH3 is 1. The quantitative estimate of drug-likeness (QED) is 0.303. The van der Waals surface area contributed by atoms with Crippen LogP contribution in [0.3, 0.4) is 0 Å². The molecule has 1 aliphatic rings. The SMILES string of the molecule is COc1cc(/C=C/C2=NOC(C)(c3ccc(F)cc3)N2Cc2cccc(F)c2)ccc1-n1cnc(C)c1. The Hall–Kier alpha value is -4.46. The number of ether oxygens (including phenoxy) is 1. The number of hydrogen-bond acceptors (Lipinski definition) is 5. The van der Waals surface area contributed by atoms with Crippen LogP contribution in [0.4, 0.5) is 8.78 Å². The third-order valence-corrected chi connectivity index (χ3v) is 6.34. The van der Waals surface area contributed by atoms with Crippen molar-refractivity contribution in [1.82, 2.24) is 14.5 Å². The monoisotopic (exact) mass is 500 g/mol. The Balaban J connectivity index is 1.46. The maximum Gasteiger partial charge on any atom is 0.234 e. The van der Waals surface area contributed by atoms with Crippen molar-refractivity contribution in [2.24, 2.45) is 5.16 Å². The number of oxime groups is 1. The highest BCUT2D eigenvalue weighted by Crippen LogP contribution is 2.37. The zero-order valence-corrected chi connectivity index (χ0v) is 20.7. The summed E-state index contributed by atoms with van der Waals surface area (Å²) in [5.74, 6) is 0.572. The van der Waals surface area contributed by atoms with Gasteiger partial charge in [-0.25, -0.2) is 13.8 Å². The number of hydrogen-bond donors (Lipinski definition) is 0. The first-order valence-corrected chi connectivity index (χ1v) is 11.8. The first-order chi connectivity index (χ1) is 17.9. The second-order valence-electron chi connectivity index (χ2n) is 8.93. The molecule has 4 aromatic rings. The van der Waals surface area contributed by atoms with Crippen LogP contribution < -0.4 is 4.74 Å². The number of benzene rings is 3. The first-order valence-electron chi connectivity index (χ1n) is 11.8. The van der Waals surface area contributed by atoms with Crippen LogP contribution in [0.25, 0.3) is 11.8 Å². The minimum absolute atomic E-state index is 0.324. The number of halogens is 2. The highest BCUT2D eigenvalue weighted by atomic mass is 19.1. The summed E-state index contributed by atoms with van der Waals surface area (Å²) in [5, 5.41) is 4.34. The predicted molar refractivity (Wildman–Crippen MR) is 138 cm³/mol. The molecule has 2 heterocycles. The summed E-state index contributed by atoms with van der Waals surface area (Å²) in [4.78, 5) is 12.1. The number of aromatic nitrogens is 2. The Morgan fingerprint density at radius 2 is 1.81 bits per heavy atom. The van der Waals surface area contributed by atoms with Gasteiger partial charge in [-0.2, -0.15) is 0 Å². The van der Waals surface area contributed by atoms with Gasteiger partial charge in [0.25, 0.3) is 0 Å². The molecule has 0 bridgehead atoms. The van der Waals surface area contributed by atoms with Gasteiger partial charge in [-0.1, -0.05) is 41.6 Å². The molecule has 6 nitrogen and oxygen atoms in total. The highest BCUT2D eigenvalue weighted by molar-refractivity contribution is 5.97. The molecule has 0 aliphatic carbocycles. The van der Waals surface area contributed by atoms with Gasteiger partial charge in [0.2, 0.25) is 5.72 Å². The molecule has 37 heavy (non-hydrogen) atoms. The van der Waals surface area contributed by atoms with E-state index in [1.165, 1.54) is 24.3 Å². The van der Waals surface area contributed by atoms with Gasteiger partial charge in [-0.15, -0.1) is 0 Å². The van der Waals surface area contributed by atoms with Crippen LogP contribution in [0.15, 0.2) is 90.5 Å². The molecule has 1 aromatic heterocycles. The van der Waals surface area contributed by atoms with Crippen molar-refractivity contribution >= 4 is 11.9 Å². The van der Waals surface area contributed by atoms with E-state index >= 15 is 0 Å². The van der Waals surface area contributed by atoms with Crippen molar-refractivity contribution in [2.75, 3.05) is 7.11 Å². The van der Waals surface area contributed by atoms with Crippen molar-refractivity contribution in [3.05, 3.63) is 119 Å². The van der Waals surface area contributed by atoms with Gasteiger partial charge in [0.1, 0.15) is 17.4 Å². The Labute approximate surface area is 214 Å². The molecule has 5 rings (SSSR count). The molecule has 188 valence electrons. The lowest BCUT2D eigenvalue weighted by Gasteiger charge is -2.34. The molecule has 0 N–H and O–H groups in total. The molecular formula is C29H26F2N4O2. The average Bonchev–Trinajstić information content (AvgIpc) is 3.46. The smallest absolute Gasteiger partial charge is 0.234 e. The molecule has 1 unspecified atom stereocenters. The van der Waals surface area contributed by atoms with Gasteiger partial charge in [0.15, 0.2) is 5.84 Å². The Morgan fingerprint density at radius 1 is 1.00 bits per heavy atom. The fourth-order valence-electron chi connectivity index (χ4n) is 4.33. The molecule has 1 aliphatic heterocycles.